The maximum Gasteiger partial charge on any atom is 0.416 e. The smallest absolute Gasteiger partial charge is 0.353 e. The molecular formula is C21H14ClF3N8O2. The average molecular weight is 503 g/mol. The van der Waals surface area contributed by atoms with Crippen LogP contribution in [0.2, 0.25) is 5.02 Å². The van der Waals surface area contributed by atoms with Crippen molar-refractivity contribution >= 4 is 28.5 Å². The summed E-state index contributed by atoms with van der Waals surface area (Å²) in [4.78, 5) is 34.8. The largest absolute Gasteiger partial charge is 0.416 e. The summed E-state index contributed by atoms with van der Waals surface area (Å²) in [7, 11) is 0. The second kappa shape index (κ2) is 8.51. The molecule has 0 aliphatic heterocycles. The van der Waals surface area contributed by atoms with Gasteiger partial charge in [-0.25, -0.2) is 19.9 Å². The van der Waals surface area contributed by atoms with E-state index < -0.39 is 23.7 Å². The van der Waals surface area contributed by atoms with Gasteiger partial charge in [0.05, 0.1) is 22.6 Å². The van der Waals surface area contributed by atoms with Crippen LogP contribution < -0.4 is 5.32 Å². The molecule has 4 heterocycles. The fourth-order valence-corrected chi connectivity index (χ4v) is 3.61. The van der Waals surface area contributed by atoms with Crippen LogP contribution >= 0.6 is 11.6 Å². The molecule has 5 rings (SSSR count). The number of benzene rings is 1. The molecule has 3 N–H and O–H groups in total. The highest BCUT2D eigenvalue weighted by Crippen LogP contribution is 2.32. The number of carbonyl (C=O) groups excluding carboxylic acids is 1. The number of nitrogens with zero attached hydrogens (tertiary/aromatic N) is 5. The van der Waals surface area contributed by atoms with Crippen LogP contribution in [0, 0.1) is 0 Å². The van der Waals surface area contributed by atoms with Crippen molar-refractivity contribution in [2.75, 3.05) is 0 Å². The molecule has 35 heavy (non-hydrogen) atoms. The molecule has 0 aliphatic carbocycles. The van der Waals surface area contributed by atoms with E-state index >= 15 is 0 Å². The van der Waals surface area contributed by atoms with E-state index in [1.54, 1.807) is 13.1 Å². The average Bonchev–Trinajstić information content (AvgIpc) is 3.58. The zero-order valence-electron chi connectivity index (χ0n) is 17.7. The molecule has 14 heteroatoms. The van der Waals surface area contributed by atoms with Crippen LogP contribution in [0.15, 0.2) is 47.5 Å². The molecule has 0 radical (unpaired) electrons. The third kappa shape index (κ3) is 4.33. The molecule has 0 saturated carbocycles. The van der Waals surface area contributed by atoms with Crippen molar-refractivity contribution in [1.82, 2.24) is 40.4 Å². The highest BCUT2D eigenvalue weighted by atomic mass is 35.5. The lowest BCUT2D eigenvalue weighted by molar-refractivity contribution is -0.137. The first-order valence-electron chi connectivity index (χ1n) is 10.1. The molecule has 0 unspecified atom stereocenters. The predicted octanol–water partition coefficient (Wildman–Crippen LogP) is 4.56. The lowest BCUT2D eigenvalue weighted by Gasteiger charge is -2.11. The second-order valence-electron chi connectivity index (χ2n) is 7.45. The zero-order chi connectivity index (χ0) is 24.7. The molecule has 0 saturated heterocycles. The summed E-state index contributed by atoms with van der Waals surface area (Å²) < 4.78 is 44.2. The molecule has 1 amide bonds. The Bertz CT molecular complexity index is 1530. The number of amides is 1. The number of aromatic nitrogens is 7. The third-order valence-corrected chi connectivity index (χ3v) is 5.45. The Labute approximate surface area is 199 Å². The number of nitrogens with one attached hydrogen (secondary N) is 3. The Balaban J connectivity index is 1.35. The maximum atomic E-state index is 13.0. The van der Waals surface area contributed by atoms with Crippen molar-refractivity contribution in [2.45, 2.75) is 19.1 Å². The topological polar surface area (TPSA) is 138 Å². The van der Waals surface area contributed by atoms with Crippen molar-refractivity contribution in [3.05, 3.63) is 65.0 Å². The van der Waals surface area contributed by atoms with Crippen molar-refractivity contribution in [3.8, 4) is 23.1 Å². The van der Waals surface area contributed by atoms with Crippen molar-refractivity contribution < 1.29 is 22.5 Å². The first-order chi connectivity index (χ1) is 16.7. The van der Waals surface area contributed by atoms with Crippen LogP contribution in [-0.4, -0.2) is 41.0 Å². The van der Waals surface area contributed by atoms with Gasteiger partial charge < -0.3 is 19.8 Å². The number of halogens is 4. The summed E-state index contributed by atoms with van der Waals surface area (Å²) in [6, 6.07) is 4.07. The van der Waals surface area contributed by atoms with Gasteiger partial charge in [0, 0.05) is 18.5 Å². The minimum absolute atomic E-state index is 0.0218. The van der Waals surface area contributed by atoms with E-state index in [1.165, 1.54) is 24.7 Å². The van der Waals surface area contributed by atoms with E-state index in [0.29, 0.717) is 17.0 Å². The van der Waals surface area contributed by atoms with Crippen molar-refractivity contribution in [1.29, 1.82) is 0 Å². The summed E-state index contributed by atoms with van der Waals surface area (Å²) in [6.07, 6.45) is -0.162. The third-order valence-electron chi connectivity index (χ3n) is 5.09. The van der Waals surface area contributed by atoms with Crippen molar-refractivity contribution in [3.63, 3.8) is 0 Å². The maximum absolute atomic E-state index is 13.0. The van der Waals surface area contributed by atoms with E-state index in [4.69, 9.17) is 16.1 Å². The molecule has 178 valence electrons. The van der Waals surface area contributed by atoms with Gasteiger partial charge in [-0.1, -0.05) is 16.8 Å². The lowest BCUT2D eigenvalue weighted by atomic mass is 10.2. The number of H-pyrrole nitrogens is 2. The summed E-state index contributed by atoms with van der Waals surface area (Å²) in [5.74, 6) is 0.184. The van der Waals surface area contributed by atoms with Gasteiger partial charge in [-0.15, -0.1) is 0 Å². The number of carbonyl (C=O) groups is 1. The highest BCUT2D eigenvalue weighted by Gasteiger charge is 2.31. The molecule has 1 aromatic carbocycles. The van der Waals surface area contributed by atoms with Gasteiger partial charge in [-0.05, 0) is 25.1 Å². The first kappa shape index (κ1) is 22.5. The SMILES string of the molecule is C[C@H](NC(=O)c1ncnc(-c2ncc[nH]2)c1Cl)c1cc(-c2nc3ccc(C(F)(F)F)cc3[nH]2)on1. The van der Waals surface area contributed by atoms with Gasteiger partial charge >= 0.3 is 6.18 Å². The molecule has 0 aliphatic rings. The molecule has 0 fully saturated rings. The molecular weight excluding hydrogens is 489 g/mol. The molecule has 5 aromatic rings. The Morgan fingerprint density at radius 2 is 2.00 bits per heavy atom. The zero-order valence-corrected chi connectivity index (χ0v) is 18.4. The Morgan fingerprint density at radius 1 is 1.17 bits per heavy atom. The van der Waals surface area contributed by atoms with Crippen LogP contribution in [-0.2, 0) is 6.18 Å². The lowest BCUT2D eigenvalue weighted by Crippen LogP contribution is -2.28. The summed E-state index contributed by atoms with van der Waals surface area (Å²) in [6.45, 7) is 1.66. The Morgan fingerprint density at radius 3 is 2.74 bits per heavy atom. The molecule has 1 atom stereocenters. The standard InChI is InChI=1S/C21H14ClF3N8O2/c1-9(30-20(34)17-15(22)16(28-8-29-17)19-26-4-5-27-19)12-7-14(35-33-12)18-31-11-3-2-10(21(23,24)25)6-13(11)32-18/h2-9H,1H3,(H,26,27)(H,30,34)(H,31,32)/t9-/m0/s1. The molecule has 10 nitrogen and oxygen atoms in total. The van der Waals surface area contributed by atoms with Gasteiger partial charge in [-0.3, -0.25) is 4.79 Å². The number of hydrogen-bond acceptors (Lipinski definition) is 7. The van der Waals surface area contributed by atoms with Gasteiger partial charge in [-0.2, -0.15) is 13.2 Å². The Hall–Kier alpha value is -4.26. The summed E-state index contributed by atoms with van der Waals surface area (Å²) in [5.41, 5.74) is 0.292. The number of aromatic amines is 2. The second-order valence-corrected chi connectivity index (χ2v) is 7.83. The van der Waals surface area contributed by atoms with Gasteiger partial charge in [0.1, 0.15) is 22.7 Å². The van der Waals surface area contributed by atoms with Crippen LogP contribution in [0.4, 0.5) is 13.2 Å². The van der Waals surface area contributed by atoms with E-state index in [-0.39, 0.29) is 33.5 Å². The van der Waals surface area contributed by atoms with Gasteiger partial charge in [0.15, 0.2) is 17.3 Å². The predicted molar refractivity (Wildman–Crippen MR) is 117 cm³/mol. The van der Waals surface area contributed by atoms with Crippen molar-refractivity contribution in [2.24, 2.45) is 0 Å². The van der Waals surface area contributed by atoms with Crippen LogP contribution in [0.1, 0.15) is 34.7 Å². The summed E-state index contributed by atoms with van der Waals surface area (Å²) in [5, 5.41) is 6.68. The monoisotopic (exact) mass is 502 g/mol. The van der Waals surface area contributed by atoms with E-state index in [0.717, 1.165) is 12.1 Å². The van der Waals surface area contributed by atoms with Crippen LogP contribution in [0.5, 0.6) is 0 Å². The number of alkyl halides is 3. The van der Waals surface area contributed by atoms with Crippen LogP contribution in [0.25, 0.3) is 34.1 Å². The fraction of sp³-hybridized carbons (Fsp3) is 0.143. The molecule has 4 aromatic heterocycles. The minimum atomic E-state index is -4.47. The van der Waals surface area contributed by atoms with E-state index in [1.807, 2.05) is 0 Å². The van der Waals surface area contributed by atoms with E-state index in [9.17, 15) is 18.0 Å². The quantitative estimate of drug-likeness (QED) is 0.320. The first-order valence-corrected chi connectivity index (χ1v) is 10.4. The molecule has 0 bridgehead atoms. The Kier molecular flexibility index (Phi) is 5.47. The summed E-state index contributed by atoms with van der Waals surface area (Å²) >= 11 is 6.32. The highest BCUT2D eigenvalue weighted by molar-refractivity contribution is 6.35. The minimum Gasteiger partial charge on any atom is -0.353 e. The van der Waals surface area contributed by atoms with Gasteiger partial charge in [0.25, 0.3) is 5.91 Å². The molecule has 0 spiro atoms. The fourth-order valence-electron chi connectivity index (χ4n) is 3.33. The number of hydrogen-bond donors (Lipinski definition) is 3. The number of rotatable bonds is 5. The van der Waals surface area contributed by atoms with Crippen LogP contribution in [0.3, 0.4) is 0 Å². The van der Waals surface area contributed by atoms with Gasteiger partial charge in [0.2, 0.25) is 5.76 Å². The number of fused-ring (bicyclic) bond motifs is 1. The van der Waals surface area contributed by atoms with E-state index in [2.05, 4.69) is 40.4 Å². The number of imidazole rings is 2. The normalized spacial score (nSPS) is 12.7.